The van der Waals surface area contributed by atoms with Gasteiger partial charge in [-0.05, 0) is 38.8 Å². The molecule has 114 valence electrons. The van der Waals surface area contributed by atoms with Crippen LogP contribution in [0.1, 0.15) is 25.7 Å². The van der Waals surface area contributed by atoms with E-state index in [0.29, 0.717) is 11.0 Å². The number of nitrogens with zero attached hydrogens (tertiary/aromatic N) is 2. The molecule has 5 nitrogen and oxygen atoms in total. The molecule has 0 saturated carbocycles. The van der Waals surface area contributed by atoms with Crippen LogP contribution in [-0.4, -0.2) is 72.4 Å². The average Bonchev–Trinajstić information content (AvgIpc) is 2.94. The summed E-state index contributed by atoms with van der Waals surface area (Å²) in [5.41, 5.74) is 0. The van der Waals surface area contributed by atoms with Gasteiger partial charge in [0.2, 0.25) is 11.8 Å². The van der Waals surface area contributed by atoms with Crippen LogP contribution in [0.5, 0.6) is 0 Å². The molecule has 6 heteroatoms. The zero-order valence-corrected chi connectivity index (χ0v) is 13.2. The van der Waals surface area contributed by atoms with E-state index in [1.807, 2.05) is 0 Å². The highest BCUT2D eigenvalue weighted by atomic mass is 32.2. The first-order valence-corrected chi connectivity index (χ1v) is 8.47. The summed E-state index contributed by atoms with van der Waals surface area (Å²) in [5, 5.41) is 3.92. The number of piperidine rings is 1. The van der Waals surface area contributed by atoms with E-state index in [1.54, 1.807) is 35.7 Å². The standard InChI is InChI=1S/C14H25N3O2S/c1-16(2)14(19)12-4-3-9-17(12)13(18)10-20-11-5-7-15-8-6-11/h11-12,15H,3-10H2,1-2H3. The van der Waals surface area contributed by atoms with Gasteiger partial charge in [-0.1, -0.05) is 0 Å². The number of thioether (sulfide) groups is 1. The first-order chi connectivity index (χ1) is 9.59. The SMILES string of the molecule is CN(C)C(=O)C1CCCN1C(=O)CSC1CCNCC1. The van der Waals surface area contributed by atoms with Crippen molar-refractivity contribution in [1.82, 2.24) is 15.1 Å². The minimum atomic E-state index is -0.230. The molecule has 2 rings (SSSR count). The van der Waals surface area contributed by atoms with E-state index in [0.717, 1.165) is 45.3 Å². The number of likely N-dealkylation sites (tertiary alicyclic amines) is 1. The molecule has 2 saturated heterocycles. The summed E-state index contributed by atoms with van der Waals surface area (Å²) < 4.78 is 0. The lowest BCUT2D eigenvalue weighted by Gasteiger charge is -2.27. The van der Waals surface area contributed by atoms with E-state index in [9.17, 15) is 9.59 Å². The third kappa shape index (κ3) is 3.88. The van der Waals surface area contributed by atoms with Crippen molar-refractivity contribution in [2.24, 2.45) is 0 Å². The predicted molar refractivity (Wildman–Crippen MR) is 81.8 cm³/mol. The summed E-state index contributed by atoms with van der Waals surface area (Å²) in [5.74, 6) is 0.705. The largest absolute Gasteiger partial charge is 0.347 e. The molecular formula is C14H25N3O2S. The molecule has 0 spiro atoms. The van der Waals surface area contributed by atoms with Gasteiger partial charge in [0.1, 0.15) is 6.04 Å². The number of rotatable bonds is 4. The van der Waals surface area contributed by atoms with Crippen LogP contribution >= 0.6 is 11.8 Å². The van der Waals surface area contributed by atoms with Crippen LogP contribution in [0.15, 0.2) is 0 Å². The van der Waals surface area contributed by atoms with E-state index in [2.05, 4.69) is 5.32 Å². The molecular weight excluding hydrogens is 274 g/mol. The molecule has 0 radical (unpaired) electrons. The Morgan fingerprint density at radius 3 is 2.60 bits per heavy atom. The van der Waals surface area contributed by atoms with Crippen molar-refractivity contribution in [3.63, 3.8) is 0 Å². The van der Waals surface area contributed by atoms with Gasteiger partial charge in [-0.2, -0.15) is 0 Å². The van der Waals surface area contributed by atoms with Crippen LogP contribution in [0.3, 0.4) is 0 Å². The average molecular weight is 299 g/mol. The van der Waals surface area contributed by atoms with Crippen molar-refractivity contribution in [1.29, 1.82) is 0 Å². The summed E-state index contributed by atoms with van der Waals surface area (Å²) in [7, 11) is 3.51. The molecule has 2 aliphatic rings. The summed E-state index contributed by atoms with van der Waals surface area (Å²) in [6, 6.07) is -0.230. The normalized spacial score (nSPS) is 23.9. The van der Waals surface area contributed by atoms with E-state index >= 15 is 0 Å². The Bertz CT molecular complexity index is 356. The monoisotopic (exact) mass is 299 g/mol. The molecule has 1 N–H and O–H groups in total. The van der Waals surface area contributed by atoms with Crippen molar-refractivity contribution >= 4 is 23.6 Å². The molecule has 0 aromatic rings. The minimum Gasteiger partial charge on any atom is -0.347 e. The lowest BCUT2D eigenvalue weighted by Crippen LogP contribution is -2.46. The van der Waals surface area contributed by atoms with Gasteiger partial charge < -0.3 is 15.1 Å². The Morgan fingerprint density at radius 1 is 1.25 bits per heavy atom. The Hall–Kier alpha value is -0.750. The molecule has 0 aliphatic carbocycles. The van der Waals surface area contributed by atoms with Crippen LogP contribution in [0.2, 0.25) is 0 Å². The molecule has 20 heavy (non-hydrogen) atoms. The highest BCUT2D eigenvalue weighted by Crippen LogP contribution is 2.24. The second-order valence-corrected chi connectivity index (χ2v) is 7.03. The van der Waals surface area contributed by atoms with Crippen molar-refractivity contribution in [3.05, 3.63) is 0 Å². The molecule has 1 unspecified atom stereocenters. The van der Waals surface area contributed by atoms with Gasteiger partial charge in [-0.15, -0.1) is 11.8 Å². The zero-order chi connectivity index (χ0) is 14.5. The van der Waals surface area contributed by atoms with Crippen LogP contribution < -0.4 is 5.32 Å². The van der Waals surface area contributed by atoms with Crippen LogP contribution in [0, 0.1) is 0 Å². The number of likely N-dealkylation sites (N-methyl/N-ethyl adjacent to an activating group) is 1. The molecule has 2 heterocycles. The number of carbonyl (C=O) groups excluding carboxylic acids is 2. The van der Waals surface area contributed by atoms with Crippen LogP contribution in [0.25, 0.3) is 0 Å². The van der Waals surface area contributed by atoms with E-state index in [1.165, 1.54) is 0 Å². The lowest BCUT2D eigenvalue weighted by molar-refractivity contribution is -0.140. The second-order valence-electron chi connectivity index (χ2n) is 5.74. The summed E-state index contributed by atoms with van der Waals surface area (Å²) in [6.07, 6.45) is 4.02. The van der Waals surface area contributed by atoms with Crippen molar-refractivity contribution in [3.8, 4) is 0 Å². The fourth-order valence-electron chi connectivity index (χ4n) is 2.85. The molecule has 0 aromatic carbocycles. The van der Waals surface area contributed by atoms with E-state index < -0.39 is 0 Å². The lowest BCUT2D eigenvalue weighted by atomic mass is 10.2. The highest BCUT2D eigenvalue weighted by Gasteiger charge is 2.34. The number of hydrogen-bond acceptors (Lipinski definition) is 4. The van der Waals surface area contributed by atoms with Gasteiger partial charge in [0.05, 0.1) is 5.75 Å². The van der Waals surface area contributed by atoms with Gasteiger partial charge in [-0.3, -0.25) is 9.59 Å². The topological polar surface area (TPSA) is 52.7 Å². The molecule has 1 atom stereocenters. The van der Waals surface area contributed by atoms with Gasteiger partial charge >= 0.3 is 0 Å². The molecule has 0 bridgehead atoms. The maximum atomic E-state index is 12.3. The van der Waals surface area contributed by atoms with Gasteiger partial charge in [-0.25, -0.2) is 0 Å². The van der Waals surface area contributed by atoms with Gasteiger partial charge in [0.25, 0.3) is 0 Å². The molecule has 2 amide bonds. The maximum Gasteiger partial charge on any atom is 0.244 e. The Kier molecular flexibility index (Phi) is 5.72. The Balaban J connectivity index is 1.82. The maximum absolute atomic E-state index is 12.3. The van der Waals surface area contributed by atoms with Crippen molar-refractivity contribution in [2.75, 3.05) is 39.5 Å². The fraction of sp³-hybridized carbons (Fsp3) is 0.857. The Morgan fingerprint density at radius 2 is 1.95 bits per heavy atom. The third-order valence-electron chi connectivity index (χ3n) is 4.03. The molecule has 2 fully saturated rings. The highest BCUT2D eigenvalue weighted by molar-refractivity contribution is 8.00. The van der Waals surface area contributed by atoms with Crippen LogP contribution in [0.4, 0.5) is 0 Å². The smallest absolute Gasteiger partial charge is 0.244 e. The minimum absolute atomic E-state index is 0.0581. The fourth-order valence-corrected chi connectivity index (χ4v) is 3.97. The van der Waals surface area contributed by atoms with Crippen LogP contribution in [-0.2, 0) is 9.59 Å². The van der Waals surface area contributed by atoms with Gasteiger partial charge in [0, 0.05) is 25.9 Å². The predicted octanol–water partition coefficient (Wildman–Crippen LogP) is 0.551. The summed E-state index contributed by atoms with van der Waals surface area (Å²) in [6.45, 7) is 2.84. The number of amides is 2. The summed E-state index contributed by atoms with van der Waals surface area (Å²) in [4.78, 5) is 27.8. The molecule has 2 aliphatic heterocycles. The first kappa shape index (κ1) is 15.6. The molecule has 0 aromatic heterocycles. The Labute approximate surface area is 125 Å². The quantitative estimate of drug-likeness (QED) is 0.824. The third-order valence-corrected chi connectivity index (χ3v) is 5.38. The summed E-state index contributed by atoms with van der Waals surface area (Å²) >= 11 is 1.76. The van der Waals surface area contributed by atoms with E-state index in [4.69, 9.17) is 0 Å². The number of hydrogen-bond donors (Lipinski definition) is 1. The second kappa shape index (κ2) is 7.31. The van der Waals surface area contributed by atoms with Crippen molar-refractivity contribution < 1.29 is 9.59 Å². The number of carbonyl (C=O) groups is 2. The zero-order valence-electron chi connectivity index (χ0n) is 12.4. The van der Waals surface area contributed by atoms with Crippen molar-refractivity contribution in [2.45, 2.75) is 37.0 Å². The van der Waals surface area contributed by atoms with E-state index in [-0.39, 0.29) is 17.9 Å². The number of nitrogens with one attached hydrogen (secondary N) is 1. The van der Waals surface area contributed by atoms with Gasteiger partial charge in [0.15, 0.2) is 0 Å². The first-order valence-electron chi connectivity index (χ1n) is 7.42.